The van der Waals surface area contributed by atoms with Crippen molar-refractivity contribution < 1.29 is 0 Å². The molecular formula is C16H21N5. The Morgan fingerprint density at radius 1 is 1.24 bits per heavy atom. The smallest absolute Gasteiger partial charge is 0.159 e. The molecule has 0 unspecified atom stereocenters. The number of fused-ring (bicyclic) bond motifs is 1. The summed E-state index contributed by atoms with van der Waals surface area (Å²) in [6.45, 7) is 5.90. The van der Waals surface area contributed by atoms with Crippen molar-refractivity contribution in [3.63, 3.8) is 0 Å². The molecule has 5 nitrogen and oxygen atoms in total. The third-order valence-corrected chi connectivity index (χ3v) is 3.65. The van der Waals surface area contributed by atoms with Crippen LogP contribution in [0.5, 0.6) is 0 Å². The number of benzene rings is 1. The molecule has 0 radical (unpaired) electrons. The molecule has 0 aliphatic carbocycles. The zero-order chi connectivity index (χ0) is 15.0. The topological polar surface area (TPSA) is 61.7 Å². The van der Waals surface area contributed by atoms with Gasteiger partial charge in [-0.1, -0.05) is 19.9 Å². The van der Waals surface area contributed by atoms with E-state index in [0.29, 0.717) is 12.5 Å². The number of hydrogen-bond donors (Lipinski definition) is 1. The van der Waals surface area contributed by atoms with Crippen LogP contribution in [0.3, 0.4) is 0 Å². The highest BCUT2D eigenvalue weighted by Crippen LogP contribution is 2.26. The van der Waals surface area contributed by atoms with Gasteiger partial charge >= 0.3 is 0 Å². The van der Waals surface area contributed by atoms with Crippen LogP contribution in [-0.2, 0) is 20.1 Å². The van der Waals surface area contributed by atoms with Crippen molar-refractivity contribution in [2.45, 2.75) is 26.9 Å². The van der Waals surface area contributed by atoms with Gasteiger partial charge in [0.1, 0.15) is 5.69 Å². The predicted octanol–water partition coefficient (Wildman–Crippen LogP) is 2.55. The van der Waals surface area contributed by atoms with E-state index in [1.54, 1.807) is 6.20 Å². The quantitative estimate of drug-likeness (QED) is 0.800. The van der Waals surface area contributed by atoms with Crippen LogP contribution in [0.15, 0.2) is 30.5 Å². The van der Waals surface area contributed by atoms with Gasteiger partial charge in [-0.05, 0) is 29.7 Å². The average Bonchev–Trinajstić information content (AvgIpc) is 3.02. The van der Waals surface area contributed by atoms with Crippen LogP contribution < -0.4 is 5.73 Å². The second-order valence-corrected chi connectivity index (χ2v) is 5.81. The maximum atomic E-state index is 5.74. The predicted molar refractivity (Wildman–Crippen MR) is 84.7 cm³/mol. The van der Waals surface area contributed by atoms with E-state index in [0.717, 1.165) is 34.7 Å². The molecule has 0 aliphatic heterocycles. The normalized spacial score (nSPS) is 11.7. The van der Waals surface area contributed by atoms with E-state index in [9.17, 15) is 0 Å². The Labute approximate surface area is 124 Å². The molecule has 0 fully saturated rings. The molecule has 2 aromatic heterocycles. The summed E-state index contributed by atoms with van der Waals surface area (Å²) in [6, 6.07) is 8.27. The van der Waals surface area contributed by atoms with Gasteiger partial charge in [0.05, 0.1) is 11.0 Å². The summed E-state index contributed by atoms with van der Waals surface area (Å²) in [4.78, 5) is 4.82. The molecule has 0 saturated heterocycles. The van der Waals surface area contributed by atoms with E-state index < -0.39 is 0 Å². The molecule has 3 rings (SSSR count). The lowest BCUT2D eigenvalue weighted by atomic mass is 10.2. The van der Waals surface area contributed by atoms with Crippen molar-refractivity contribution >= 4 is 11.0 Å². The molecule has 2 heterocycles. The van der Waals surface area contributed by atoms with Gasteiger partial charge in [-0.3, -0.25) is 4.68 Å². The summed E-state index contributed by atoms with van der Waals surface area (Å²) >= 11 is 0. The van der Waals surface area contributed by atoms with E-state index in [-0.39, 0.29) is 0 Å². The lowest BCUT2D eigenvalue weighted by Gasteiger charge is -2.12. The van der Waals surface area contributed by atoms with Crippen molar-refractivity contribution in [3.8, 4) is 11.5 Å². The van der Waals surface area contributed by atoms with Gasteiger partial charge in [0.2, 0.25) is 0 Å². The third kappa shape index (κ3) is 2.45. The molecule has 110 valence electrons. The van der Waals surface area contributed by atoms with Gasteiger partial charge in [-0.2, -0.15) is 5.10 Å². The molecule has 0 saturated carbocycles. The Kier molecular flexibility index (Phi) is 3.51. The lowest BCUT2D eigenvalue weighted by molar-refractivity contribution is 0.535. The fourth-order valence-corrected chi connectivity index (χ4v) is 2.64. The lowest BCUT2D eigenvalue weighted by Crippen LogP contribution is -2.08. The zero-order valence-corrected chi connectivity index (χ0v) is 12.7. The highest BCUT2D eigenvalue weighted by molar-refractivity contribution is 5.80. The van der Waals surface area contributed by atoms with Crippen molar-refractivity contribution in [2.24, 2.45) is 18.7 Å². The molecule has 0 amide bonds. The molecule has 3 aromatic rings. The summed E-state index contributed by atoms with van der Waals surface area (Å²) in [7, 11) is 1.94. The number of aromatic nitrogens is 4. The van der Waals surface area contributed by atoms with Crippen LogP contribution in [0.2, 0.25) is 0 Å². The van der Waals surface area contributed by atoms with Gasteiger partial charge in [-0.15, -0.1) is 0 Å². The van der Waals surface area contributed by atoms with Crippen LogP contribution >= 0.6 is 0 Å². The largest absolute Gasteiger partial charge is 0.326 e. The first-order valence-corrected chi connectivity index (χ1v) is 7.27. The van der Waals surface area contributed by atoms with Crippen LogP contribution in [0.4, 0.5) is 0 Å². The Balaban J connectivity index is 2.24. The van der Waals surface area contributed by atoms with Crippen LogP contribution in [0.1, 0.15) is 19.4 Å². The number of aryl methyl sites for hydroxylation is 1. The first-order valence-electron chi connectivity index (χ1n) is 7.27. The minimum atomic E-state index is 0.536. The first-order chi connectivity index (χ1) is 10.1. The molecule has 2 N–H and O–H groups in total. The molecule has 0 aliphatic rings. The highest BCUT2D eigenvalue weighted by Gasteiger charge is 2.16. The number of nitrogens with two attached hydrogens (primary N) is 1. The highest BCUT2D eigenvalue weighted by atomic mass is 15.3. The Bertz CT molecular complexity index is 766. The molecule has 0 spiro atoms. The van der Waals surface area contributed by atoms with Crippen molar-refractivity contribution in [1.82, 2.24) is 19.3 Å². The van der Waals surface area contributed by atoms with Gasteiger partial charge < -0.3 is 10.3 Å². The molecular weight excluding hydrogens is 262 g/mol. The minimum absolute atomic E-state index is 0.536. The Morgan fingerprint density at radius 2 is 2.05 bits per heavy atom. The second kappa shape index (κ2) is 5.33. The number of hydrogen-bond acceptors (Lipinski definition) is 3. The summed E-state index contributed by atoms with van der Waals surface area (Å²) < 4.78 is 4.14. The maximum Gasteiger partial charge on any atom is 0.159 e. The molecule has 5 heteroatoms. The Hall–Kier alpha value is -2.14. The number of rotatable bonds is 4. The number of imidazole rings is 1. The molecule has 21 heavy (non-hydrogen) atoms. The summed E-state index contributed by atoms with van der Waals surface area (Å²) in [5, 5.41) is 4.26. The summed E-state index contributed by atoms with van der Waals surface area (Å²) in [6.07, 6.45) is 1.81. The van der Waals surface area contributed by atoms with Gasteiger partial charge in [0.25, 0.3) is 0 Å². The van der Waals surface area contributed by atoms with E-state index in [2.05, 4.69) is 41.7 Å². The monoisotopic (exact) mass is 283 g/mol. The SMILES string of the molecule is CC(C)Cn1c(-c2ccnn2C)nc2cc(CN)ccc21. The summed E-state index contributed by atoms with van der Waals surface area (Å²) in [5.41, 5.74) is 10.0. The molecule has 0 bridgehead atoms. The van der Waals surface area contributed by atoms with Crippen LogP contribution in [0.25, 0.3) is 22.6 Å². The first kappa shape index (κ1) is 13.8. The zero-order valence-electron chi connectivity index (χ0n) is 12.7. The fourth-order valence-electron chi connectivity index (χ4n) is 2.64. The minimum Gasteiger partial charge on any atom is -0.326 e. The maximum absolute atomic E-state index is 5.74. The van der Waals surface area contributed by atoms with Crippen LogP contribution in [-0.4, -0.2) is 19.3 Å². The standard InChI is InChI=1S/C16H21N5/c1-11(2)10-21-14-5-4-12(9-17)8-13(14)19-16(21)15-6-7-18-20(15)3/h4-8,11H,9-10,17H2,1-3H3. The molecule has 1 aromatic carbocycles. The summed E-state index contributed by atoms with van der Waals surface area (Å²) in [5.74, 6) is 1.51. The van der Waals surface area contributed by atoms with Crippen LogP contribution in [0, 0.1) is 5.92 Å². The number of nitrogens with zero attached hydrogens (tertiary/aromatic N) is 4. The van der Waals surface area contributed by atoms with E-state index in [4.69, 9.17) is 10.7 Å². The average molecular weight is 283 g/mol. The van der Waals surface area contributed by atoms with Crippen molar-refractivity contribution in [1.29, 1.82) is 0 Å². The van der Waals surface area contributed by atoms with E-state index in [1.807, 2.05) is 17.8 Å². The second-order valence-electron chi connectivity index (χ2n) is 5.81. The van der Waals surface area contributed by atoms with Crippen molar-refractivity contribution in [3.05, 3.63) is 36.0 Å². The fraction of sp³-hybridized carbons (Fsp3) is 0.375. The van der Waals surface area contributed by atoms with E-state index in [1.165, 1.54) is 0 Å². The van der Waals surface area contributed by atoms with E-state index >= 15 is 0 Å². The van der Waals surface area contributed by atoms with Gasteiger partial charge in [-0.25, -0.2) is 4.98 Å². The Morgan fingerprint density at radius 3 is 2.67 bits per heavy atom. The van der Waals surface area contributed by atoms with Gasteiger partial charge in [0.15, 0.2) is 5.82 Å². The van der Waals surface area contributed by atoms with Crippen molar-refractivity contribution in [2.75, 3.05) is 0 Å². The third-order valence-electron chi connectivity index (χ3n) is 3.65. The van der Waals surface area contributed by atoms with Gasteiger partial charge in [0, 0.05) is 26.3 Å². The molecule has 0 atom stereocenters.